The molecule has 1 amide bonds. The van der Waals surface area contributed by atoms with Crippen molar-refractivity contribution in [2.75, 3.05) is 26.2 Å². The molecule has 0 aliphatic carbocycles. The van der Waals surface area contributed by atoms with Gasteiger partial charge in [0.15, 0.2) is 0 Å². The molecule has 0 unspecified atom stereocenters. The summed E-state index contributed by atoms with van der Waals surface area (Å²) in [5.41, 5.74) is 0.594. The molecule has 2 aliphatic rings. The smallest absolute Gasteiger partial charge is 0.243 e. The summed E-state index contributed by atoms with van der Waals surface area (Å²) in [6, 6.07) is 6.58. The minimum absolute atomic E-state index is 0.0711. The zero-order valence-corrected chi connectivity index (χ0v) is 16.7. The molecule has 2 fully saturated rings. The lowest BCUT2D eigenvalue weighted by molar-refractivity contribution is -0.135. The zero-order chi connectivity index (χ0) is 19.7. The van der Waals surface area contributed by atoms with Crippen molar-refractivity contribution in [1.82, 2.24) is 19.3 Å². The van der Waals surface area contributed by atoms with Gasteiger partial charge in [-0.15, -0.1) is 0 Å². The average molecular weight is 404 g/mol. The number of piperidine rings is 1. The Balaban J connectivity index is 1.46. The molecule has 0 N–H and O–H groups in total. The SMILES string of the molecule is Cc1nc(-c2cccc(S(=O)(=O)N3CCC(C(=O)N4CCCC4)CC3)c2)no1. The summed E-state index contributed by atoms with van der Waals surface area (Å²) in [6.07, 6.45) is 3.26. The van der Waals surface area contributed by atoms with E-state index in [9.17, 15) is 13.2 Å². The number of hydrogen-bond acceptors (Lipinski definition) is 6. The number of likely N-dealkylation sites (tertiary alicyclic amines) is 1. The van der Waals surface area contributed by atoms with E-state index in [1.807, 2.05) is 4.90 Å². The van der Waals surface area contributed by atoms with Crippen LogP contribution in [0.2, 0.25) is 0 Å². The van der Waals surface area contributed by atoms with E-state index in [4.69, 9.17) is 4.52 Å². The first-order valence-corrected chi connectivity index (χ1v) is 11.1. The summed E-state index contributed by atoms with van der Waals surface area (Å²) < 4.78 is 32.6. The summed E-state index contributed by atoms with van der Waals surface area (Å²) in [7, 11) is -3.63. The maximum absolute atomic E-state index is 13.1. The Morgan fingerprint density at radius 3 is 2.50 bits per heavy atom. The Labute approximate surface area is 164 Å². The van der Waals surface area contributed by atoms with Crippen LogP contribution in [0.1, 0.15) is 31.6 Å². The van der Waals surface area contributed by atoms with Crippen molar-refractivity contribution in [2.45, 2.75) is 37.5 Å². The number of hydrogen-bond donors (Lipinski definition) is 0. The lowest BCUT2D eigenvalue weighted by Crippen LogP contribution is -2.43. The number of sulfonamides is 1. The van der Waals surface area contributed by atoms with Crippen LogP contribution in [0.15, 0.2) is 33.7 Å². The highest BCUT2D eigenvalue weighted by Crippen LogP contribution is 2.28. The second kappa shape index (κ2) is 7.63. The third-order valence-electron chi connectivity index (χ3n) is 5.48. The summed E-state index contributed by atoms with van der Waals surface area (Å²) in [6.45, 7) is 4.07. The number of rotatable bonds is 4. The fourth-order valence-corrected chi connectivity index (χ4v) is 5.42. The van der Waals surface area contributed by atoms with Gasteiger partial charge in [-0.25, -0.2) is 8.42 Å². The highest BCUT2D eigenvalue weighted by Gasteiger charge is 2.34. The first kappa shape index (κ1) is 19.1. The lowest BCUT2D eigenvalue weighted by atomic mass is 9.97. The van der Waals surface area contributed by atoms with Crippen LogP contribution in [-0.4, -0.2) is 59.8 Å². The molecule has 9 heteroatoms. The van der Waals surface area contributed by atoms with E-state index in [0.29, 0.717) is 43.2 Å². The van der Waals surface area contributed by atoms with Crippen molar-refractivity contribution in [3.05, 3.63) is 30.2 Å². The van der Waals surface area contributed by atoms with Crippen molar-refractivity contribution in [3.8, 4) is 11.4 Å². The van der Waals surface area contributed by atoms with Crippen LogP contribution in [0.25, 0.3) is 11.4 Å². The second-order valence-corrected chi connectivity index (χ2v) is 9.31. The Morgan fingerprint density at radius 2 is 1.86 bits per heavy atom. The van der Waals surface area contributed by atoms with E-state index in [0.717, 1.165) is 25.9 Å². The van der Waals surface area contributed by atoms with E-state index in [-0.39, 0.29) is 16.7 Å². The van der Waals surface area contributed by atoms with Gasteiger partial charge in [0.2, 0.25) is 27.6 Å². The number of carbonyl (C=O) groups is 1. The fourth-order valence-electron chi connectivity index (χ4n) is 3.90. The molecule has 0 radical (unpaired) electrons. The molecule has 0 saturated carbocycles. The van der Waals surface area contributed by atoms with Crippen LogP contribution in [0.5, 0.6) is 0 Å². The van der Waals surface area contributed by atoms with Gasteiger partial charge in [0, 0.05) is 44.6 Å². The minimum Gasteiger partial charge on any atom is -0.342 e. The van der Waals surface area contributed by atoms with E-state index in [1.165, 1.54) is 4.31 Å². The van der Waals surface area contributed by atoms with Crippen molar-refractivity contribution in [3.63, 3.8) is 0 Å². The van der Waals surface area contributed by atoms with E-state index < -0.39 is 10.0 Å². The van der Waals surface area contributed by atoms with Gasteiger partial charge in [-0.05, 0) is 37.8 Å². The molecule has 4 rings (SSSR count). The molecule has 2 aliphatic heterocycles. The number of nitrogens with zero attached hydrogens (tertiary/aromatic N) is 4. The molecule has 0 atom stereocenters. The summed E-state index contributed by atoms with van der Waals surface area (Å²) in [5, 5.41) is 3.85. The van der Waals surface area contributed by atoms with Crippen LogP contribution in [-0.2, 0) is 14.8 Å². The molecular formula is C19H24N4O4S. The monoisotopic (exact) mass is 404 g/mol. The maximum atomic E-state index is 13.1. The summed E-state index contributed by atoms with van der Waals surface area (Å²) in [4.78, 5) is 18.8. The van der Waals surface area contributed by atoms with Crippen LogP contribution in [0.4, 0.5) is 0 Å². The Hall–Kier alpha value is -2.26. The van der Waals surface area contributed by atoms with E-state index >= 15 is 0 Å². The number of amides is 1. The van der Waals surface area contributed by atoms with Gasteiger partial charge in [0.1, 0.15) is 0 Å². The first-order valence-electron chi connectivity index (χ1n) is 9.65. The van der Waals surface area contributed by atoms with Crippen LogP contribution < -0.4 is 0 Å². The topological polar surface area (TPSA) is 96.6 Å². The molecule has 3 heterocycles. The van der Waals surface area contributed by atoms with E-state index in [1.54, 1.807) is 31.2 Å². The molecule has 150 valence electrons. The number of benzene rings is 1. The number of aryl methyl sites for hydroxylation is 1. The van der Waals surface area contributed by atoms with Crippen LogP contribution in [0.3, 0.4) is 0 Å². The third-order valence-corrected chi connectivity index (χ3v) is 7.37. The van der Waals surface area contributed by atoms with Gasteiger partial charge in [-0.3, -0.25) is 4.79 Å². The molecule has 0 bridgehead atoms. The molecule has 28 heavy (non-hydrogen) atoms. The van der Waals surface area contributed by atoms with Crippen molar-refractivity contribution in [1.29, 1.82) is 0 Å². The van der Waals surface area contributed by atoms with Gasteiger partial charge in [0.05, 0.1) is 4.90 Å². The van der Waals surface area contributed by atoms with Gasteiger partial charge >= 0.3 is 0 Å². The average Bonchev–Trinajstić information content (AvgIpc) is 3.39. The molecule has 2 saturated heterocycles. The quantitative estimate of drug-likeness (QED) is 0.774. The Morgan fingerprint density at radius 1 is 1.14 bits per heavy atom. The van der Waals surface area contributed by atoms with Gasteiger partial charge < -0.3 is 9.42 Å². The summed E-state index contributed by atoms with van der Waals surface area (Å²) >= 11 is 0. The van der Waals surface area contributed by atoms with Crippen LogP contribution >= 0.6 is 0 Å². The van der Waals surface area contributed by atoms with Gasteiger partial charge in [-0.2, -0.15) is 9.29 Å². The largest absolute Gasteiger partial charge is 0.342 e. The van der Waals surface area contributed by atoms with Gasteiger partial charge in [-0.1, -0.05) is 17.3 Å². The van der Waals surface area contributed by atoms with Crippen molar-refractivity contribution >= 4 is 15.9 Å². The first-order chi connectivity index (χ1) is 13.4. The number of carbonyl (C=O) groups excluding carboxylic acids is 1. The Kier molecular flexibility index (Phi) is 5.20. The van der Waals surface area contributed by atoms with Crippen molar-refractivity contribution in [2.24, 2.45) is 5.92 Å². The standard InChI is InChI=1S/C19H24N4O4S/c1-14-20-18(21-27-14)16-5-4-6-17(13-16)28(25,26)23-11-7-15(8-12-23)19(24)22-9-2-3-10-22/h4-6,13,15H,2-3,7-12H2,1H3. The maximum Gasteiger partial charge on any atom is 0.243 e. The number of aromatic nitrogens is 2. The minimum atomic E-state index is -3.63. The molecule has 2 aromatic rings. The fraction of sp³-hybridized carbons (Fsp3) is 0.526. The molecule has 1 aromatic heterocycles. The molecule has 0 spiro atoms. The lowest BCUT2D eigenvalue weighted by Gasteiger charge is -2.32. The molecular weight excluding hydrogens is 380 g/mol. The second-order valence-electron chi connectivity index (χ2n) is 7.38. The molecule has 8 nitrogen and oxygen atoms in total. The Bertz CT molecular complexity index is 958. The van der Waals surface area contributed by atoms with Gasteiger partial charge in [0.25, 0.3) is 0 Å². The zero-order valence-electron chi connectivity index (χ0n) is 15.9. The van der Waals surface area contributed by atoms with E-state index in [2.05, 4.69) is 10.1 Å². The predicted molar refractivity (Wildman–Crippen MR) is 102 cm³/mol. The van der Waals surface area contributed by atoms with Crippen LogP contribution in [0, 0.1) is 12.8 Å². The highest BCUT2D eigenvalue weighted by atomic mass is 32.2. The third kappa shape index (κ3) is 3.68. The highest BCUT2D eigenvalue weighted by molar-refractivity contribution is 7.89. The molecule has 1 aromatic carbocycles. The predicted octanol–water partition coefficient (Wildman–Crippen LogP) is 2.07. The normalized spacial score (nSPS) is 19.2. The van der Waals surface area contributed by atoms with Crippen molar-refractivity contribution < 1.29 is 17.7 Å². The summed E-state index contributed by atoms with van der Waals surface area (Å²) in [5.74, 6) is 0.902.